The molecule has 0 aliphatic carbocycles. The fourth-order valence-electron chi connectivity index (χ4n) is 2.78. The van der Waals surface area contributed by atoms with Crippen molar-refractivity contribution in [3.8, 4) is 0 Å². The topological polar surface area (TPSA) is 64.0 Å². The number of nitrogens with zero attached hydrogens (tertiary/aromatic N) is 2. The Hall–Kier alpha value is -2.95. The number of hydrogen-bond acceptors (Lipinski definition) is 3. The van der Waals surface area contributed by atoms with E-state index in [0.29, 0.717) is 10.9 Å². The molecule has 1 unspecified atom stereocenters. The summed E-state index contributed by atoms with van der Waals surface area (Å²) in [6.45, 7) is 5.99. The van der Waals surface area contributed by atoms with Gasteiger partial charge in [0, 0.05) is 0 Å². The minimum absolute atomic E-state index is 0.0498. The first-order valence-corrected chi connectivity index (χ1v) is 8.26. The predicted octanol–water partition coefficient (Wildman–Crippen LogP) is 2.89. The molecule has 0 saturated carbocycles. The first kappa shape index (κ1) is 16.9. The summed E-state index contributed by atoms with van der Waals surface area (Å²) in [5.74, 6) is -0.218. The molecule has 1 amide bonds. The van der Waals surface area contributed by atoms with Crippen LogP contribution in [0.4, 0.5) is 0 Å². The van der Waals surface area contributed by atoms with Crippen LogP contribution >= 0.6 is 0 Å². The van der Waals surface area contributed by atoms with Crippen LogP contribution in [0.25, 0.3) is 10.9 Å². The normalized spacial score (nSPS) is 12.1. The summed E-state index contributed by atoms with van der Waals surface area (Å²) >= 11 is 0. The highest BCUT2D eigenvalue weighted by Crippen LogP contribution is 2.16. The van der Waals surface area contributed by atoms with Crippen molar-refractivity contribution in [3.05, 3.63) is 75.8 Å². The zero-order valence-electron chi connectivity index (χ0n) is 14.6. The molecule has 25 heavy (non-hydrogen) atoms. The van der Waals surface area contributed by atoms with Crippen LogP contribution in [-0.4, -0.2) is 15.5 Å². The number of fused-ring (bicyclic) bond motifs is 1. The molecule has 1 aromatic heterocycles. The van der Waals surface area contributed by atoms with E-state index in [2.05, 4.69) is 23.3 Å². The van der Waals surface area contributed by atoms with E-state index in [1.807, 2.05) is 32.0 Å². The van der Waals surface area contributed by atoms with Crippen LogP contribution < -0.4 is 10.9 Å². The SMILES string of the molecule is Cc1ccc(C(C)NC(=O)Cn2cnc3ccccc3c2=O)cc1C. The average Bonchev–Trinajstić information content (AvgIpc) is 2.60. The molecule has 2 aromatic carbocycles. The fraction of sp³-hybridized carbons (Fsp3) is 0.250. The standard InChI is InChI=1S/C20H21N3O2/c1-13-8-9-16(10-14(13)2)15(3)22-19(24)11-23-12-21-18-7-5-4-6-17(18)20(23)25/h4-10,12,15H,11H2,1-3H3,(H,22,24). The lowest BCUT2D eigenvalue weighted by atomic mass is 10.0. The molecule has 3 rings (SSSR count). The first-order chi connectivity index (χ1) is 12.0. The summed E-state index contributed by atoms with van der Waals surface area (Å²) < 4.78 is 1.34. The third-order valence-corrected chi connectivity index (χ3v) is 4.45. The maximum Gasteiger partial charge on any atom is 0.261 e. The molecule has 0 bridgehead atoms. The number of hydrogen-bond donors (Lipinski definition) is 1. The molecule has 128 valence electrons. The molecule has 0 spiro atoms. The molecular formula is C20H21N3O2. The summed E-state index contributed by atoms with van der Waals surface area (Å²) in [4.78, 5) is 29.0. The Labute approximate surface area is 146 Å². The Bertz CT molecular complexity index is 992. The van der Waals surface area contributed by atoms with Gasteiger partial charge in [-0.05, 0) is 49.6 Å². The van der Waals surface area contributed by atoms with Crippen molar-refractivity contribution < 1.29 is 4.79 Å². The van der Waals surface area contributed by atoms with E-state index in [-0.39, 0.29) is 24.1 Å². The van der Waals surface area contributed by atoms with Crippen molar-refractivity contribution >= 4 is 16.8 Å². The van der Waals surface area contributed by atoms with E-state index in [1.165, 1.54) is 22.0 Å². The minimum Gasteiger partial charge on any atom is -0.348 e. The van der Waals surface area contributed by atoms with Crippen molar-refractivity contribution in [1.82, 2.24) is 14.9 Å². The number of para-hydroxylation sites is 1. The molecule has 3 aromatic rings. The zero-order chi connectivity index (χ0) is 18.0. The number of amides is 1. The highest BCUT2D eigenvalue weighted by Gasteiger charge is 2.12. The Kier molecular flexibility index (Phi) is 4.65. The lowest BCUT2D eigenvalue weighted by molar-refractivity contribution is -0.122. The van der Waals surface area contributed by atoms with Gasteiger partial charge in [-0.1, -0.05) is 30.3 Å². The van der Waals surface area contributed by atoms with Gasteiger partial charge >= 0.3 is 0 Å². The Morgan fingerprint density at radius 1 is 1.16 bits per heavy atom. The highest BCUT2D eigenvalue weighted by atomic mass is 16.2. The van der Waals surface area contributed by atoms with Gasteiger partial charge in [-0.15, -0.1) is 0 Å². The number of carbonyl (C=O) groups excluding carboxylic acids is 1. The highest BCUT2D eigenvalue weighted by molar-refractivity contribution is 5.79. The van der Waals surface area contributed by atoms with Crippen molar-refractivity contribution in [2.75, 3.05) is 0 Å². The van der Waals surface area contributed by atoms with E-state index in [4.69, 9.17) is 0 Å². The molecule has 5 nitrogen and oxygen atoms in total. The maximum absolute atomic E-state index is 12.4. The third kappa shape index (κ3) is 3.60. The summed E-state index contributed by atoms with van der Waals surface area (Å²) in [5, 5.41) is 3.45. The number of benzene rings is 2. The Balaban J connectivity index is 1.75. The second kappa shape index (κ2) is 6.89. The van der Waals surface area contributed by atoms with Crippen molar-refractivity contribution in [2.45, 2.75) is 33.4 Å². The quantitative estimate of drug-likeness (QED) is 0.797. The van der Waals surface area contributed by atoms with E-state index in [1.54, 1.807) is 18.2 Å². The van der Waals surface area contributed by atoms with Gasteiger partial charge in [-0.2, -0.15) is 0 Å². The Morgan fingerprint density at radius 3 is 2.68 bits per heavy atom. The van der Waals surface area contributed by atoms with Gasteiger partial charge in [-0.3, -0.25) is 14.2 Å². The number of aryl methyl sites for hydroxylation is 2. The van der Waals surface area contributed by atoms with Crippen LogP contribution in [0.5, 0.6) is 0 Å². The van der Waals surface area contributed by atoms with Crippen molar-refractivity contribution in [1.29, 1.82) is 0 Å². The van der Waals surface area contributed by atoms with Gasteiger partial charge in [0.15, 0.2) is 0 Å². The third-order valence-electron chi connectivity index (χ3n) is 4.45. The first-order valence-electron chi connectivity index (χ1n) is 8.26. The van der Waals surface area contributed by atoms with Gasteiger partial charge < -0.3 is 5.32 Å². The average molecular weight is 335 g/mol. The van der Waals surface area contributed by atoms with Crippen LogP contribution in [0, 0.1) is 13.8 Å². The van der Waals surface area contributed by atoms with Crippen LogP contribution in [0.1, 0.15) is 29.7 Å². The van der Waals surface area contributed by atoms with E-state index >= 15 is 0 Å². The molecule has 0 radical (unpaired) electrons. The van der Waals surface area contributed by atoms with Crippen molar-refractivity contribution in [2.24, 2.45) is 0 Å². The molecule has 0 fully saturated rings. The van der Waals surface area contributed by atoms with Crippen LogP contribution in [-0.2, 0) is 11.3 Å². The van der Waals surface area contributed by atoms with Gasteiger partial charge in [0.2, 0.25) is 5.91 Å². The summed E-state index contributed by atoms with van der Waals surface area (Å²) in [6, 6.07) is 13.1. The molecular weight excluding hydrogens is 314 g/mol. The van der Waals surface area contributed by atoms with E-state index < -0.39 is 0 Å². The van der Waals surface area contributed by atoms with Gasteiger partial charge in [0.1, 0.15) is 6.54 Å². The number of aromatic nitrogens is 2. The van der Waals surface area contributed by atoms with E-state index in [0.717, 1.165) is 5.56 Å². The van der Waals surface area contributed by atoms with Gasteiger partial charge in [0.05, 0.1) is 23.3 Å². The zero-order valence-corrected chi connectivity index (χ0v) is 14.6. The predicted molar refractivity (Wildman–Crippen MR) is 98.5 cm³/mol. The largest absolute Gasteiger partial charge is 0.348 e. The Morgan fingerprint density at radius 2 is 1.92 bits per heavy atom. The summed E-state index contributed by atoms with van der Waals surface area (Å²) in [7, 11) is 0. The smallest absolute Gasteiger partial charge is 0.261 e. The second-order valence-corrected chi connectivity index (χ2v) is 6.33. The summed E-state index contributed by atoms with van der Waals surface area (Å²) in [5.41, 5.74) is 3.87. The number of nitrogens with one attached hydrogen (secondary N) is 1. The molecule has 1 heterocycles. The lowest BCUT2D eigenvalue weighted by Gasteiger charge is -2.16. The van der Waals surface area contributed by atoms with Crippen LogP contribution in [0.3, 0.4) is 0 Å². The van der Waals surface area contributed by atoms with Crippen molar-refractivity contribution in [3.63, 3.8) is 0 Å². The number of carbonyl (C=O) groups is 1. The van der Waals surface area contributed by atoms with Crippen LogP contribution in [0.15, 0.2) is 53.6 Å². The van der Waals surface area contributed by atoms with Gasteiger partial charge in [0.25, 0.3) is 5.56 Å². The van der Waals surface area contributed by atoms with Gasteiger partial charge in [-0.25, -0.2) is 4.98 Å². The molecule has 0 aliphatic rings. The van der Waals surface area contributed by atoms with Crippen LogP contribution in [0.2, 0.25) is 0 Å². The fourth-order valence-corrected chi connectivity index (χ4v) is 2.78. The molecule has 1 atom stereocenters. The molecule has 5 heteroatoms. The summed E-state index contributed by atoms with van der Waals surface area (Å²) in [6.07, 6.45) is 1.42. The van der Waals surface area contributed by atoms with E-state index in [9.17, 15) is 9.59 Å². The monoisotopic (exact) mass is 335 g/mol. The number of rotatable bonds is 4. The molecule has 1 N–H and O–H groups in total. The molecule has 0 saturated heterocycles. The lowest BCUT2D eigenvalue weighted by Crippen LogP contribution is -2.34. The minimum atomic E-state index is -0.218. The molecule has 0 aliphatic heterocycles. The second-order valence-electron chi connectivity index (χ2n) is 6.33. The maximum atomic E-state index is 12.4.